The van der Waals surface area contributed by atoms with Gasteiger partial charge in [-0.3, -0.25) is 10.1 Å². The van der Waals surface area contributed by atoms with E-state index in [0.29, 0.717) is 10.1 Å². The van der Waals surface area contributed by atoms with E-state index in [9.17, 15) is 20.3 Å². The molecule has 1 aromatic heterocycles. The van der Waals surface area contributed by atoms with Crippen molar-refractivity contribution in [2.45, 2.75) is 0 Å². The molecule has 0 saturated heterocycles. The first kappa shape index (κ1) is 8.76. The fourth-order valence-corrected chi connectivity index (χ4v) is 2.04. The zero-order chi connectivity index (χ0) is 10.3. The summed E-state index contributed by atoms with van der Waals surface area (Å²) in [5.74, 6) is -0.222. The van der Waals surface area contributed by atoms with Gasteiger partial charge in [-0.25, -0.2) is 0 Å². The number of nitrogens with zero attached hydrogens (tertiary/aromatic N) is 1. The Bertz CT molecular complexity index is 519. The molecule has 0 fully saturated rings. The summed E-state index contributed by atoms with van der Waals surface area (Å²) in [6, 6.07) is 4.02. The third-order valence-electron chi connectivity index (χ3n) is 1.84. The highest BCUT2D eigenvalue weighted by Crippen LogP contribution is 2.43. The van der Waals surface area contributed by atoms with Crippen LogP contribution in [0, 0.1) is 10.1 Å². The molecule has 6 heteroatoms. The monoisotopic (exact) mass is 211 g/mol. The van der Waals surface area contributed by atoms with E-state index in [1.165, 1.54) is 18.2 Å². The number of nitro benzene ring substituents is 1. The highest BCUT2D eigenvalue weighted by atomic mass is 32.1. The third kappa shape index (κ3) is 1.16. The summed E-state index contributed by atoms with van der Waals surface area (Å²) in [4.78, 5) is 9.90. The molecule has 0 saturated carbocycles. The summed E-state index contributed by atoms with van der Waals surface area (Å²) in [6.45, 7) is 0. The Morgan fingerprint density at radius 2 is 2.07 bits per heavy atom. The number of nitro groups is 1. The van der Waals surface area contributed by atoms with Crippen molar-refractivity contribution in [2.75, 3.05) is 0 Å². The van der Waals surface area contributed by atoms with Gasteiger partial charge in [0.1, 0.15) is 0 Å². The first-order valence-corrected chi connectivity index (χ1v) is 4.50. The van der Waals surface area contributed by atoms with Crippen LogP contribution in [-0.4, -0.2) is 15.1 Å². The minimum Gasteiger partial charge on any atom is -0.503 e. The van der Waals surface area contributed by atoms with Crippen LogP contribution in [-0.2, 0) is 0 Å². The number of hydrogen-bond donors (Lipinski definition) is 2. The van der Waals surface area contributed by atoms with Gasteiger partial charge >= 0.3 is 0 Å². The number of benzene rings is 1. The van der Waals surface area contributed by atoms with Crippen LogP contribution in [0.1, 0.15) is 0 Å². The molecule has 0 aliphatic heterocycles. The van der Waals surface area contributed by atoms with Crippen molar-refractivity contribution in [2.24, 2.45) is 0 Å². The minimum absolute atomic E-state index is 0.0567. The lowest BCUT2D eigenvalue weighted by atomic mass is 10.2. The predicted octanol–water partition coefficient (Wildman–Crippen LogP) is 2.22. The van der Waals surface area contributed by atoms with Crippen LogP contribution in [0.4, 0.5) is 5.69 Å². The van der Waals surface area contributed by atoms with Crippen LogP contribution >= 0.6 is 11.3 Å². The normalized spacial score (nSPS) is 10.6. The van der Waals surface area contributed by atoms with Crippen molar-refractivity contribution < 1.29 is 15.1 Å². The molecule has 5 nitrogen and oxygen atoms in total. The lowest BCUT2D eigenvalue weighted by Crippen LogP contribution is -1.85. The second-order valence-corrected chi connectivity index (χ2v) is 3.72. The Morgan fingerprint density at radius 3 is 2.71 bits per heavy atom. The second-order valence-electron chi connectivity index (χ2n) is 2.69. The van der Waals surface area contributed by atoms with Crippen molar-refractivity contribution in [1.29, 1.82) is 0 Å². The fraction of sp³-hybridized carbons (Fsp3) is 0. The molecule has 2 aromatic rings. The molecule has 14 heavy (non-hydrogen) atoms. The number of hydrogen-bond acceptors (Lipinski definition) is 5. The molecule has 72 valence electrons. The Kier molecular flexibility index (Phi) is 1.78. The number of fused-ring (bicyclic) bond motifs is 1. The summed E-state index contributed by atoms with van der Waals surface area (Å²) in [5, 5.41) is 29.1. The molecule has 0 aliphatic carbocycles. The van der Waals surface area contributed by atoms with Gasteiger partial charge in [0.05, 0.1) is 4.92 Å². The second kappa shape index (κ2) is 2.85. The van der Waals surface area contributed by atoms with Gasteiger partial charge in [0.25, 0.3) is 5.69 Å². The SMILES string of the molecule is O=[N+]([O-])c1ccc2c(O)c(O)sc2c1. The number of thiophene rings is 1. The van der Waals surface area contributed by atoms with Crippen LogP contribution in [0.25, 0.3) is 10.1 Å². The van der Waals surface area contributed by atoms with Gasteiger partial charge in [-0.1, -0.05) is 11.3 Å². The molecule has 0 atom stereocenters. The van der Waals surface area contributed by atoms with E-state index < -0.39 is 4.92 Å². The summed E-state index contributed by atoms with van der Waals surface area (Å²) < 4.78 is 0.495. The third-order valence-corrected chi connectivity index (χ3v) is 2.78. The van der Waals surface area contributed by atoms with Gasteiger partial charge in [0.2, 0.25) is 5.06 Å². The summed E-state index contributed by atoms with van der Waals surface area (Å²) in [5.41, 5.74) is -0.0567. The largest absolute Gasteiger partial charge is 0.503 e. The van der Waals surface area contributed by atoms with Gasteiger partial charge in [-0.15, -0.1) is 0 Å². The first-order valence-electron chi connectivity index (χ1n) is 3.68. The first-order chi connectivity index (χ1) is 6.59. The average molecular weight is 211 g/mol. The quantitative estimate of drug-likeness (QED) is 0.559. The van der Waals surface area contributed by atoms with Crippen LogP contribution in [0.3, 0.4) is 0 Å². The highest BCUT2D eigenvalue weighted by molar-refractivity contribution is 7.21. The van der Waals surface area contributed by atoms with Crippen LogP contribution in [0.2, 0.25) is 0 Å². The molecule has 2 rings (SSSR count). The van der Waals surface area contributed by atoms with Gasteiger partial charge < -0.3 is 10.2 Å². The number of rotatable bonds is 1. The number of non-ortho nitro benzene ring substituents is 1. The summed E-state index contributed by atoms with van der Waals surface area (Å²) in [6.07, 6.45) is 0. The van der Waals surface area contributed by atoms with Crippen molar-refractivity contribution in [3.63, 3.8) is 0 Å². The molecular formula is C8H5NO4S. The van der Waals surface area contributed by atoms with Crippen LogP contribution in [0.5, 0.6) is 10.8 Å². The smallest absolute Gasteiger partial charge is 0.270 e. The standard InChI is InChI=1S/C8H5NO4S/c10-7-5-2-1-4(9(12)13)3-6(5)14-8(7)11/h1-3,10-11H. The average Bonchev–Trinajstić information content (AvgIpc) is 2.42. The Morgan fingerprint density at radius 1 is 1.36 bits per heavy atom. The van der Waals surface area contributed by atoms with Crippen molar-refractivity contribution in [3.05, 3.63) is 28.3 Å². The van der Waals surface area contributed by atoms with Crippen molar-refractivity contribution in [1.82, 2.24) is 0 Å². The van der Waals surface area contributed by atoms with Crippen LogP contribution in [0.15, 0.2) is 18.2 Å². The Labute approximate surface area is 82.0 Å². The van der Waals surface area contributed by atoms with Gasteiger partial charge in [0, 0.05) is 22.2 Å². The molecular weight excluding hydrogens is 206 g/mol. The molecule has 0 aliphatic rings. The summed E-state index contributed by atoms with van der Waals surface area (Å²) in [7, 11) is 0. The Balaban J connectivity index is 2.73. The van der Waals surface area contributed by atoms with Crippen LogP contribution < -0.4 is 0 Å². The van der Waals surface area contributed by atoms with Gasteiger partial charge in [-0.2, -0.15) is 0 Å². The van der Waals surface area contributed by atoms with E-state index in [2.05, 4.69) is 0 Å². The topological polar surface area (TPSA) is 83.6 Å². The lowest BCUT2D eigenvalue weighted by molar-refractivity contribution is -0.384. The van der Waals surface area contributed by atoms with E-state index >= 15 is 0 Å². The van der Waals surface area contributed by atoms with Crippen molar-refractivity contribution >= 4 is 27.1 Å². The molecule has 1 heterocycles. The summed E-state index contributed by atoms with van der Waals surface area (Å²) >= 11 is 0.911. The van der Waals surface area contributed by atoms with Gasteiger partial charge in [0.15, 0.2) is 5.75 Å². The molecule has 0 spiro atoms. The fourth-order valence-electron chi connectivity index (χ4n) is 1.17. The lowest BCUT2D eigenvalue weighted by Gasteiger charge is -1.91. The predicted molar refractivity (Wildman–Crippen MR) is 51.8 cm³/mol. The maximum Gasteiger partial charge on any atom is 0.270 e. The number of aromatic hydroxyl groups is 2. The highest BCUT2D eigenvalue weighted by Gasteiger charge is 2.13. The zero-order valence-corrected chi connectivity index (χ0v) is 7.61. The molecule has 0 unspecified atom stereocenters. The van der Waals surface area contributed by atoms with E-state index in [0.717, 1.165) is 11.3 Å². The maximum atomic E-state index is 10.4. The van der Waals surface area contributed by atoms with E-state index in [1.54, 1.807) is 0 Å². The van der Waals surface area contributed by atoms with Gasteiger partial charge in [-0.05, 0) is 6.07 Å². The molecule has 1 aromatic carbocycles. The minimum atomic E-state index is -0.521. The molecule has 2 N–H and O–H groups in total. The molecule has 0 amide bonds. The zero-order valence-electron chi connectivity index (χ0n) is 6.80. The van der Waals surface area contributed by atoms with E-state index in [-0.39, 0.29) is 16.5 Å². The van der Waals surface area contributed by atoms with E-state index in [4.69, 9.17) is 0 Å². The molecule has 0 radical (unpaired) electrons. The Hall–Kier alpha value is -1.82. The maximum absolute atomic E-state index is 10.4. The van der Waals surface area contributed by atoms with E-state index in [1.807, 2.05) is 0 Å². The van der Waals surface area contributed by atoms with Crippen molar-refractivity contribution in [3.8, 4) is 10.8 Å². The molecule has 0 bridgehead atoms.